The largest absolute Gasteiger partial charge is 0.482 e. The Bertz CT molecular complexity index is 662. The van der Waals surface area contributed by atoms with Crippen LogP contribution in [0.25, 0.3) is 0 Å². The van der Waals surface area contributed by atoms with Gasteiger partial charge in [-0.05, 0) is 12.1 Å². The number of amides is 2. The maximum Gasteiger partial charge on any atom is 0.328 e. The number of carbonyl (C=O) groups is 3. The third kappa shape index (κ3) is 3.18. The van der Waals surface area contributed by atoms with E-state index in [0.717, 1.165) is 0 Å². The lowest BCUT2D eigenvalue weighted by Gasteiger charge is -2.34. The van der Waals surface area contributed by atoms with E-state index in [4.69, 9.17) is 9.47 Å². The van der Waals surface area contributed by atoms with E-state index >= 15 is 0 Å². The minimum Gasteiger partial charge on any atom is -0.482 e. The van der Waals surface area contributed by atoms with Gasteiger partial charge in [0.15, 0.2) is 12.6 Å². The average Bonchev–Trinajstić information content (AvgIpc) is 2.60. The molecule has 1 aromatic carbocycles. The summed E-state index contributed by atoms with van der Waals surface area (Å²) in [5, 5.41) is 9.19. The Hall–Kier alpha value is -2.61. The molecule has 8 heteroatoms. The number of benzene rings is 1. The first-order valence-corrected chi connectivity index (χ1v) is 7.70. The predicted molar refractivity (Wildman–Crippen MR) is 82.9 cm³/mol. The minimum absolute atomic E-state index is 0.0135. The Morgan fingerprint density at radius 1 is 1.29 bits per heavy atom. The molecule has 0 spiro atoms. The van der Waals surface area contributed by atoms with Crippen LogP contribution in [0.3, 0.4) is 0 Å². The fourth-order valence-corrected chi connectivity index (χ4v) is 2.86. The Morgan fingerprint density at radius 2 is 2.08 bits per heavy atom. The number of aliphatic carboxylic acids is 1. The zero-order valence-electron chi connectivity index (χ0n) is 13.0. The quantitative estimate of drug-likeness (QED) is 0.840. The van der Waals surface area contributed by atoms with Crippen LogP contribution in [0.1, 0.15) is 6.42 Å². The molecule has 2 heterocycles. The van der Waals surface area contributed by atoms with Crippen molar-refractivity contribution in [2.45, 2.75) is 12.5 Å². The van der Waals surface area contributed by atoms with Gasteiger partial charge < -0.3 is 24.4 Å². The summed E-state index contributed by atoms with van der Waals surface area (Å²) >= 11 is 0. The van der Waals surface area contributed by atoms with E-state index in [-0.39, 0.29) is 44.5 Å². The van der Waals surface area contributed by atoms with Crippen LogP contribution in [0, 0.1) is 0 Å². The number of carboxylic acid groups (broad SMARTS) is 1. The van der Waals surface area contributed by atoms with Gasteiger partial charge in [-0.3, -0.25) is 9.59 Å². The van der Waals surface area contributed by atoms with Gasteiger partial charge in [0.2, 0.25) is 5.91 Å². The lowest BCUT2D eigenvalue weighted by molar-refractivity contribution is -0.158. The van der Waals surface area contributed by atoms with Crippen molar-refractivity contribution >= 4 is 23.5 Å². The molecule has 1 N–H and O–H groups in total. The molecule has 3 rings (SSSR count). The molecule has 0 aromatic heterocycles. The SMILES string of the molecule is O=C(O)[C@H]1COCCN1C(=O)CCN1C(=O)COc2ccccc21. The number of carbonyl (C=O) groups excluding carboxylic acids is 2. The van der Waals surface area contributed by atoms with Crippen molar-refractivity contribution in [2.75, 3.05) is 37.8 Å². The zero-order chi connectivity index (χ0) is 17.1. The monoisotopic (exact) mass is 334 g/mol. The highest BCUT2D eigenvalue weighted by molar-refractivity contribution is 5.98. The van der Waals surface area contributed by atoms with Gasteiger partial charge in [-0.25, -0.2) is 4.79 Å². The molecule has 0 radical (unpaired) electrons. The van der Waals surface area contributed by atoms with Crippen molar-refractivity contribution in [1.29, 1.82) is 0 Å². The van der Waals surface area contributed by atoms with Crippen LogP contribution >= 0.6 is 0 Å². The van der Waals surface area contributed by atoms with E-state index in [1.54, 1.807) is 18.2 Å². The molecule has 1 aromatic rings. The Balaban J connectivity index is 1.68. The number of para-hydroxylation sites is 2. The first kappa shape index (κ1) is 16.3. The fraction of sp³-hybridized carbons (Fsp3) is 0.438. The number of rotatable bonds is 4. The van der Waals surface area contributed by atoms with Crippen LogP contribution in [-0.4, -0.2) is 66.7 Å². The van der Waals surface area contributed by atoms with E-state index < -0.39 is 12.0 Å². The highest BCUT2D eigenvalue weighted by atomic mass is 16.5. The van der Waals surface area contributed by atoms with Gasteiger partial charge in [-0.2, -0.15) is 0 Å². The lowest BCUT2D eigenvalue weighted by Crippen LogP contribution is -2.53. The summed E-state index contributed by atoms with van der Waals surface area (Å²) < 4.78 is 10.5. The third-order valence-electron chi connectivity index (χ3n) is 4.09. The normalized spacial score (nSPS) is 20.3. The van der Waals surface area contributed by atoms with E-state index in [9.17, 15) is 19.5 Å². The first-order valence-electron chi connectivity index (χ1n) is 7.70. The average molecular weight is 334 g/mol. The standard InChI is InChI=1S/C16H18N2O6/c19-14(18-7-8-23-9-12(18)16(21)22)5-6-17-11-3-1-2-4-13(11)24-10-15(17)20/h1-4,12H,5-10H2,(H,21,22)/t12-/m1/s1. The number of fused-ring (bicyclic) bond motifs is 1. The summed E-state index contributed by atoms with van der Waals surface area (Å²) in [5.74, 6) is -1.02. The number of ether oxygens (including phenoxy) is 2. The van der Waals surface area contributed by atoms with Crippen LogP contribution in [0.2, 0.25) is 0 Å². The smallest absolute Gasteiger partial charge is 0.328 e. The molecular formula is C16H18N2O6. The molecule has 128 valence electrons. The van der Waals surface area contributed by atoms with Crippen molar-refractivity contribution in [2.24, 2.45) is 0 Å². The number of nitrogens with zero attached hydrogens (tertiary/aromatic N) is 2. The Labute approximate surface area is 138 Å². The van der Waals surface area contributed by atoms with Gasteiger partial charge in [0.25, 0.3) is 5.91 Å². The number of hydrogen-bond donors (Lipinski definition) is 1. The molecule has 24 heavy (non-hydrogen) atoms. The van der Waals surface area contributed by atoms with Gasteiger partial charge in [-0.15, -0.1) is 0 Å². The number of carboxylic acids is 1. The highest BCUT2D eigenvalue weighted by Crippen LogP contribution is 2.31. The third-order valence-corrected chi connectivity index (χ3v) is 4.09. The summed E-state index contributed by atoms with van der Waals surface area (Å²) in [4.78, 5) is 38.5. The van der Waals surface area contributed by atoms with E-state index in [1.807, 2.05) is 6.07 Å². The van der Waals surface area contributed by atoms with Gasteiger partial charge in [0.05, 0.1) is 18.9 Å². The molecule has 2 amide bonds. The molecule has 0 bridgehead atoms. The number of morpholine rings is 1. The van der Waals surface area contributed by atoms with Gasteiger partial charge in [-0.1, -0.05) is 12.1 Å². The maximum atomic E-state index is 12.4. The van der Waals surface area contributed by atoms with Crippen LogP contribution in [0.5, 0.6) is 5.75 Å². The molecule has 8 nitrogen and oxygen atoms in total. The topological polar surface area (TPSA) is 96.4 Å². The molecule has 0 aliphatic carbocycles. The van der Waals surface area contributed by atoms with Gasteiger partial charge >= 0.3 is 5.97 Å². The van der Waals surface area contributed by atoms with Gasteiger partial charge in [0, 0.05) is 19.5 Å². The van der Waals surface area contributed by atoms with Gasteiger partial charge in [0.1, 0.15) is 5.75 Å². The molecule has 1 saturated heterocycles. The predicted octanol–water partition coefficient (Wildman–Crippen LogP) is 0.114. The summed E-state index contributed by atoms with van der Waals surface area (Å²) in [7, 11) is 0. The molecule has 0 saturated carbocycles. The van der Waals surface area contributed by atoms with Crippen molar-refractivity contribution < 1.29 is 29.0 Å². The van der Waals surface area contributed by atoms with E-state index in [1.165, 1.54) is 9.80 Å². The summed E-state index contributed by atoms with van der Waals surface area (Å²) in [5.41, 5.74) is 0.623. The molecular weight excluding hydrogens is 316 g/mol. The highest BCUT2D eigenvalue weighted by Gasteiger charge is 2.33. The Morgan fingerprint density at radius 3 is 2.88 bits per heavy atom. The number of anilines is 1. The van der Waals surface area contributed by atoms with Crippen molar-refractivity contribution in [1.82, 2.24) is 4.90 Å². The molecule has 0 unspecified atom stereocenters. The summed E-state index contributed by atoms with van der Waals surface area (Å²) in [6.07, 6.45) is 0.0455. The van der Waals surface area contributed by atoms with E-state index in [2.05, 4.69) is 0 Å². The van der Waals surface area contributed by atoms with Crippen LogP contribution < -0.4 is 9.64 Å². The second-order valence-electron chi connectivity index (χ2n) is 5.57. The fourth-order valence-electron chi connectivity index (χ4n) is 2.86. The van der Waals surface area contributed by atoms with Crippen LogP contribution in [-0.2, 0) is 19.1 Å². The van der Waals surface area contributed by atoms with Crippen LogP contribution in [0.4, 0.5) is 5.69 Å². The van der Waals surface area contributed by atoms with E-state index in [0.29, 0.717) is 18.0 Å². The zero-order valence-corrected chi connectivity index (χ0v) is 13.0. The maximum absolute atomic E-state index is 12.4. The lowest BCUT2D eigenvalue weighted by atomic mass is 10.2. The molecule has 2 aliphatic heterocycles. The summed E-state index contributed by atoms with van der Waals surface area (Å²) in [6, 6.07) is 6.14. The molecule has 2 aliphatic rings. The van der Waals surface area contributed by atoms with Crippen molar-refractivity contribution in [3.63, 3.8) is 0 Å². The summed E-state index contributed by atoms with van der Waals surface area (Å²) in [6.45, 7) is 0.654. The van der Waals surface area contributed by atoms with Crippen molar-refractivity contribution in [3.05, 3.63) is 24.3 Å². The second-order valence-corrected chi connectivity index (χ2v) is 5.57. The molecule has 1 atom stereocenters. The van der Waals surface area contributed by atoms with Crippen molar-refractivity contribution in [3.8, 4) is 5.75 Å². The van der Waals surface area contributed by atoms with Crippen LogP contribution in [0.15, 0.2) is 24.3 Å². The number of hydrogen-bond acceptors (Lipinski definition) is 5. The Kier molecular flexibility index (Phi) is 4.66. The second kappa shape index (κ2) is 6.88. The first-order chi connectivity index (χ1) is 11.6. The minimum atomic E-state index is -1.09. The molecule has 1 fully saturated rings.